The number of aryl methyl sites for hydroxylation is 1. The first-order chi connectivity index (χ1) is 8.22. The van der Waals surface area contributed by atoms with E-state index >= 15 is 0 Å². The van der Waals surface area contributed by atoms with Gasteiger partial charge in [-0.3, -0.25) is 0 Å². The minimum absolute atomic E-state index is 0.238. The molecule has 17 heavy (non-hydrogen) atoms. The van der Waals surface area contributed by atoms with Crippen molar-refractivity contribution in [3.05, 3.63) is 35.5 Å². The van der Waals surface area contributed by atoms with Crippen LogP contribution in [0.1, 0.15) is 24.5 Å². The van der Waals surface area contributed by atoms with E-state index in [1.807, 2.05) is 6.20 Å². The Kier molecular flexibility index (Phi) is 3.82. The quantitative estimate of drug-likeness (QED) is 0.741. The Balaban J connectivity index is 2.15. The molecule has 0 aliphatic heterocycles. The zero-order chi connectivity index (χ0) is 12.3. The number of aliphatic hydroxyl groups is 1. The second-order valence-corrected chi connectivity index (χ2v) is 4.61. The van der Waals surface area contributed by atoms with Gasteiger partial charge in [-0.2, -0.15) is 0 Å². The summed E-state index contributed by atoms with van der Waals surface area (Å²) in [6.07, 6.45) is 2.84. The van der Waals surface area contributed by atoms with E-state index < -0.39 is 0 Å². The lowest BCUT2D eigenvalue weighted by Crippen LogP contribution is -2.26. The van der Waals surface area contributed by atoms with E-state index in [1.165, 1.54) is 22.0 Å². The third kappa shape index (κ3) is 2.68. The maximum Gasteiger partial charge on any atom is 0.0459 e. The number of benzene rings is 1. The second kappa shape index (κ2) is 5.34. The summed E-state index contributed by atoms with van der Waals surface area (Å²) in [6.45, 7) is 5.30. The molecule has 3 heteroatoms. The maximum atomic E-state index is 8.87. The van der Waals surface area contributed by atoms with Crippen LogP contribution in [-0.2, 0) is 6.54 Å². The summed E-state index contributed by atoms with van der Waals surface area (Å²) in [5, 5.41) is 13.6. The second-order valence-electron chi connectivity index (χ2n) is 4.61. The van der Waals surface area contributed by atoms with Gasteiger partial charge in [-0.05, 0) is 37.5 Å². The predicted octanol–water partition coefficient (Wildman–Crippen LogP) is 2.34. The van der Waals surface area contributed by atoms with Crippen LogP contribution in [-0.4, -0.2) is 22.7 Å². The zero-order valence-corrected chi connectivity index (χ0v) is 10.5. The van der Waals surface area contributed by atoms with Gasteiger partial charge >= 0.3 is 0 Å². The van der Waals surface area contributed by atoms with Gasteiger partial charge in [0.25, 0.3) is 0 Å². The zero-order valence-electron chi connectivity index (χ0n) is 10.5. The molecular weight excluding hydrogens is 212 g/mol. The summed E-state index contributed by atoms with van der Waals surface area (Å²) in [5.41, 5.74) is 3.79. The molecule has 0 saturated carbocycles. The first kappa shape index (κ1) is 12.1. The lowest BCUT2D eigenvalue weighted by Gasteiger charge is -2.13. The molecular formula is C14H20N2O. The third-order valence-electron chi connectivity index (χ3n) is 3.19. The highest BCUT2D eigenvalue weighted by molar-refractivity contribution is 5.86. The molecule has 0 spiro atoms. The van der Waals surface area contributed by atoms with E-state index in [0.29, 0.717) is 6.04 Å². The summed E-state index contributed by atoms with van der Waals surface area (Å²) in [6, 6.07) is 6.67. The molecule has 0 saturated heterocycles. The average molecular weight is 232 g/mol. The number of aliphatic hydroxyl groups excluding tert-OH is 1. The van der Waals surface area contributed by atoms with Gasteiger partial charge < -0.3 is 15.4 Å². The number of fused-ring (bicyclic) bond motifs is 1. The van der Waals surface area contributed by atoms with Gasteiger partial charge in [-0.25, -0.2) is 0 Å². The van der Waals surface area contributed by atoms with E-state index in [2.05, 4.69) is 42.3 Å². The first-order valence-corrected chi connectivity index (χ1v) is 6.12. The van der Waals surface area contributed by atoms with Crippen LogP contribution in [0, 0.1) is 6.92 Å². The Hall–Kier alpha value is -1.32. The van der Waals surface area contributed by atoms with Crippen molar-refractivity contribution in [2.24, 2.45) is 0 Å². The van der Waals surface area contributed by atoms with Crippen molar-refractivity contribution in [1.29, 1.82) is 0 Å². The van der Waals surface area contributed by atoms with Crippen LogP contribution in [0.4, 0.5) is 0 Å². The molecule has 0 aliphatic carbocycles. The van der Waals surface area contributed by atoms with Crippen LogP contribution in [0.15, 0.2) is 24.4 Å². The molecule has 0 bridgehead atoms. The summed E-state index contributed by atoms with van der Waals surface area (Å²) in [7, 11) is 0. The molecule has 1 heterocycles. The van der Waals surface area contributed by atoms with Crippen LogP contribution in [0.5, 0.6) is 0 Å². The number of H-pyrrole nitrogens is 1. The number of rotatable bonds is 5. The van der Waals surface area contributed by atoms with Crippen LogP contribution >= 0.6 is 0 Å². The molecule has 92 valence electrons. The predicted molar refractivity (Wildman–Crippen MR) is 71.0 cm³/mol. The summed E-state index contributed by atoms with van der Waals surface area (Å²) >= 11 is 0. The molecule has 1 aromatic heterocycles. The largest absolute Gasteiger partial charge is 0.396 e. The molecule has 1 atom stereocenters. The van der Waals surface area contributed by atoms with Crippen molar-refractivity contribution < 1.29 is 5.11 Å². The monoisotopic (exact) mass is 232 g/mol. The van der Waals surface area contributed by atoms with Gasteiger partial charge in [0.1, 0.15) is 0 Å². The number of aromatic nitrogens is 1. The summed E-state index contributed by atoms with van der Waals surface area (Å²) in [5.74, 6) is 0. The van der Waals surface area contributed by atoms with E-state index in [-0.39, 0.29) is 6.61 Å². The summed E-state index contributed by atoms with van der Waals surface area (Å²) in [4.78, 5) is 3.27. The molecule has 0 unspecified atom stereocenters. The van der Waals surface area contributed by atoms with Gasteiger partial charge in [0.15, 0.2) is 0 Å². The molecule has 3 N–H and O–H groups in total. The highest BCUT2D eigenvalue weighted by Crippen LogP contribution is 2.21. The Morgan fingerprint density at radius 3 is 3.00 bits per heavy atom. The lowest BCUT2D eigenvalue weighted by molar-refractivity contribution is 0.269. The molecule has 3 nitrogen and oxygen atoms in total. The van der Waals surface area contributed by atoms with Crippen molar-refractivity contribution in [3.8, 4) is 0 Å². The number of hydrogen-bond acceptors (Lipinski definition) is 2. The minimum Gasteiger partial charge on any atom is -0.396 e. The standard InChI is InChI=1S/C14H20N2O/c1-10-8-16-13-5-3-4-12(14(10)13)9-15-11(2)6-7-17/h3-5,8,11,15-17H,6-7,9H2,1-2H3/t11-/m0/s1. The van der Waals surface area contributed by atoms with E-state index in [0.717, 1.165) is 13.0 Å². The van der Waals surface area contributed by atoms with Gasteiger partial charge in [0, 0.05) is 36.3 Å². The maximum absolute atomic E-state index is 8.87. The van der Waals surface area contributed by atoms with Crippen LogP contribution in [0.25, 0.3) is 10.9 Å². The first-order valence-electron chi connectivity index (χ1n) is 6.12. The number of hydrogen-bond donors (Lipinski definition) is 3. The highest BCUT2D eigenvalue weighted by Gasteiger charge is 2.06. The molecule has 0 fully saturated rings. The molecule has 2 rings (SSSR count). The van der Waals surface area contributed by atoms with Crippen molar-refractivity contribution in [2.75, 3.05) is 6.61 Å². The average Bonchev–Trinajstić information content (AvgIpc) is 2.70. The molecule has 0 aliphatic rings. The molecule has 1 aromatic carbocycles. The molecule has 2 aromatic rings. The fourth-order valence-corrected chi connectivity index (χ4v) is 2.17. The van der Waals surface area contributed by atoms with Crippen molar-refractivity contribution >= 4 is 10.9 Å². The molecule has 0 radical (unpaired) electrons. The topological polar surface area (TPSA) is 48.0 Å². The Morgan fingerprint density at radius 2 is 2.24 bits per heavy atom. The van der Waals surface area contributed by atoms with Crippen molar-refractivity contribution in [1.82, 2.24) is 10.3 Å². The van der Waals surface area contributed by atoms with Gasteiger partial charge in [0.05, 0.1) is 0 Å². The normalized spacial score (nSPS) is 13.1. The van der Waals surface area contributed by atoms with Crippen molar-refractivity contribution in [2.45, 2.75) is 32.9 Å². The Labute approximate surface area is 102 Å². The van der Waals surface area contributed by atoms with Crippen LogP contribution in [0.2, 0.25) is 0 Å². The highest BCUT2D eigenvalue weighted by atomic mass is 16.3. The Morgan fingerprint density at radius 1 is 1.41 bits per heavy atom. The van der Waals surface area contributed by atoms with Gasteiger partial charge in [-0.15, -0.1) is 0 Å². The third-order valence-corrected chi connectivity index (χ3v) is 3.19. The van der Waals surface area contributed by atoms with E-state index in [9.17, 15) is 0 Å². The fourth-order valence-electron chi connectivity index (χ4n) is 2.17. The van der Waals surface area contributed by atoms with Crippen LogP contribution < -0.4 is 5.32 Å². The van der Waals surface area contributed by atoms with Crippen LogP contribution in [0.3, 0.4) is 0 Å². The van der Waals surface area contributed by atoms with Gasteiger partial charge in [0.2, 0.25) is 0 Å². The molecule has 0 amide bonds. The number of nitrogens with one attached hydrogen (secondary N) is 2. The van der Waals surface area contributed by atoms with E-state index in [1.54, 1.807) is 0 Å². The Bertz CT molecular complexity index is 490. The minimum atomic E-state index is 0.238. The van der Waals surface area contributed by atoms with Crippen molar-refractivity contribution in [3.63, 3.8) is 0 Å². The number of aromatic amines is 1. The fraction of sp³-hybridized carbons (Fsp3) is 0.429. The van der Waals surface area contributed by atoms with Gasteiger partial charge in [-0.1, -0.05) is 12.1 Å². The summed E-state index contributed by atoms with van der Waals surface area (Å²) < 4.78 is 0. The SMILES string of the molecule is Cc1c[nH]c2cccc(CN[C@@H](C)CCO)c12. The lowest BCUT2D eigenvalue weighted by atomic mass is 10.1. The smallest absolute Gasteiger partial charge is 0.0459 e. The van der Waals surface area contributed by atoms with E-state index in [4.69, 9.17) is 5.11 Å².